The fourth-order valence-electron chi connectivity index (χ4n) is 1.76. The quantitative estimate of drug-likeness (QED) is 0.905. The number of aromatic nitrogens is 1. The van der Waals surface area contributed by atoms with Crippen molar-refractivity contribution >= 4 is 29.0 Å². The summed E-state index contributed by atoms with van der Waals surface area (Å²) in [5.41, 5.74) is 4.64. The van der Waals surface area contributed by atoms with Crippen LogP contribution in [0.15, 0.2) is 36.4 Å². The maximum atomic E-state index is 12.6. The first-order valence-electron chi connectivity index (χ1n) is 6.14. The molecule has 1 heterocycles. The number of benzene rings is 1. The molecular weight excluding hydrogens is 319 g/mol. The van der Waals surface area contributed by atoms with Gasteiger partial charge in [0.2, 0.25) is 5.91 Å². The van der Waals surface area contributed by atoms with Gasteiger partial charge in [-0.1, -0.05) is 29.8 Å². The summed E-state index contributed by atoms with van der Waals surface area (Å²) in [5, 5.41) is 2.68. The number of halogens is 4. The van der Waals surface area contributed by atoms with E-state index in [4.69, 9.17) is 17.3 Å². The number of nitrogens with two attached hydrogens (primary N) is 1. The van der Waals surface area contributed by atoms with Gasteiger partial charge in [0.15, 0.2) is 0 Å². The predicted octanol–water partition coefficient (Wildman–Crippen LogP) is 3.52. The van der Waals surface area contributed by atoms with E-state index in [-0.39, 0.29) is 17.9 Å². The molecule has 116 valence electrons. The molecule has 0 aliphatic carbocycles. The van der Waals surface area contributed by atoms with Gasteiger partial charge in [-0.25, -0.2) is 4.98 Å². The molecule has 0 aliphatic heterocycles. The van der Waals surface area contributed by atoms with E-state index in [1.807, 2.05) is 0 Å². The Kier molecular flexibility index (Phi) is 4.56. The van der Waals surface area contributed by atoms with Gasteiger partial charge < -0.3 is 11.1 Å². The van der Waals surface area contributed by atoms with E-state index in [2.05, 4.69) is 10.3 Å². The Morgan fingerprint density at radius 1 is 1.27 bits per heavy atom. The predicted molar refractivity (Wildman–Crippen MR) is 77.4 cm³/mol. The number of carbonyl (C=O) groups excluding carboxylic acids is 1. The van der Waals surface area contributed by atoms with Crippen LogP contribution in [0.1, 0.15) is 11.3 Å². The third-order valence-electron chi connectivity index (χ3n) is 2.71. The van der Waals surface area contributed by atoms with Crippen LogP contribution < -0.4 is 11.1 Å². The second-order valence-corrected chi connectivity index (χ2v) is 4.89. The summed E-state index contributed by atoms with van der Waals surface area (Å²) in [4.78, 5) is 15.2. The van der Waals surface area contributed by atoms with Crippen LogP contribution in [0, 0.1) is 0 Å². The molecule has 2 aromatic rings. The van der Waals surface area contributed by atoms with Crippen LogP contribution in [0.3, 0.4) is 0 Å². The van der Waals surface area contributed by atoms with Gasteiger partial charge in [-0.15, -0.1) is 0 Å². The fraction of sp³-hybridized carbons (Fsp3) is 0.143. The van der Waals surface area contributed by atoms with Crippen LogP contribution in [0.25, 0.3) is 0 Å². The lowest BCUT2D eigenvalue weighted by Gasteiger charge is -2.10. The largest absolute Gasteiger partial charge is 0.433 e. The molecule has 1 aromatic carbocycles. The Labute approximate surface area is 129 Å². The third kappa shape index (κ3) is 4.11. The Balaban J connectivity index is 2.15. The molecule has 8 heteroatoms. The van der Waals surface area contributed by atoms with E-state index < -0.39 is 17.8 Å². The van der Waals surface area contributed by atoms with Crippen molar-refractivity contribution in [2.24, 2.45) is 0 Å². The average molecular weight is 330 g/mol. The Hall–Kier alpha value is -2.28. The molecule has 0 aliphatic rings. The summed E-state index contributed by atoms with van der Waals surface area (Å²) < 4.78 is 37.9. The minimum Gasteiger partial charge on any atom is -0.399 e. The lowest BCUT2D eigenvalue weighted by Crippen LogP contribution is -2.17. The smallest absolute Gasteiger partial charge is 0.399 e. The molecule has 3 N–H and O–H groups in total. The minimum absolute atomic E-state index is 0.0858. The summed E-state index contributed by atoms with van der Waals surface area (Å²) in [5.74, 6) is -0.802. The zero-order chi connectivity index (χ0) is 16.3. The lowest BCUT2D eigenvalue weighted by atomic mass is 10.1. The summed E-state index contributed by atoms with van der Waals surface area (Å²) in [6, 6.07) is 8.53. The number of nitrogen functional groups attached to an aromatic ring is 1. The second-order valence-electron chi connectivity index (χ2n) is 4.49. The van der Waals surface area contributed by atoms with Gasteiger partial charge in [-0.3, -0.25) is 4.79 Å². The molecule has 0 bridgehead atoms. The number of rotatable bonds is 3. The van der Waals surface area contributed by atoms with Crippen LogP contribution >= 0.6 is 11.6 Å². The maximum absolute atomic E-state index is 12.6. The monoisotopic (exact) mass is 329 g/mol. The van der Waals surface area contributed by atoms with Gasteiger partial charge in [0, 0.05) is 16.8 Å². The highest BCUT2D eigenvalue weighted by molar-refractivity contribution is 6.31. The van der Waals surface area contributed by atoms with Crippen LogP contribution in [0.2, 0.25) is 5.02 Å². The summed E-state index contributed by atoms with van der Waals surface area (Å²) in [7, 11) is 0. The highest BCUT2D eigenvalue weighted by Gasteiger charge is 2.33. The molecule has 0 saturated carbocycles. The first-order valence-corrected chi connectivity index (χ1v) is 6.51. The number of nitrogens with one attached hydrogen (secondary N) is 1. The zero-order valence-electron chi connectivity index (χ0n) is 11.1. The van der Waals surface area contributed by atoms with Crippen molar-refractivity contribution in [1.82, 2.24) is 4.98 Å². The average Bonchev–Trinajstić information content (AvgIpc) is 2.39. The SMILES string of the molecule is Nc1cc(NC(=O)Cc2ccccc2Cl)nc(C(F)(F)F)c1. The van der Waals surface area contributed by atoms with Crippen LogP contribution in [-0.4, -0.2) is 10.9 Å². The molecule has 1 amide bonds. The number of hydrogen-bond donors (Lipinski definition) is 2. The van der Waals surface area contributed by atoms with Crippen molar-refractivity contribution < 1.29 is 18.0 Å². The van der Waals surface area contributed by atoms with Gasteiger partial charge in [0.1, 0.15) is 11.5 Å². The summed E-state index contributed by atoms with van der Waals surface area (Å²) in [6.07, 6.45) is -4.73. The van der Waals surface area contributed by atoms with Crippen molar-refractivity contribution in [3.8, 4) is 0 Å². The first kappa shape index (κ1) is 16.1. The number of hydrogen-bond acceptors (Lipinski definition) is 3. The van der Waals surface area contributed by atoms with E-state index in [1.54, 1.807) is 24.3 Å². The van der Waals surface area contributed by atoms with Gasteiger partial charge in [0.05, 0.1) is 6.42 Å². The van der Waals surface area contributed by atoms with E-state index in [9.17, 15) is 18.0 Å². The third-order valence-corrected chi connectivity index (χ3v) is 3.08. The number of alkyl halides is 3. The molecule has 1 aromatic heterocycles. The van der Waals surface area contributed by atoms with E-state index in [1.165, 1.54) is 0 Å². The first-order chi connectivity index (χ1) is 10.3. The van der Waals surface area contributed by atoms with Crippen LogP contribution in [-0.2, 0) is 17.4 Å². The number of carbonyl (C=O) groups is 1. The van der Waals surface area contributed by atoms with Crippen LogP contribution in [0.5, 0.6) is 0 Å². The molecule has 0 fully saturated rings. The number of nitrogens with zero attached hydrogens (tertiary/aromatic N) is 1. The Morgan fingerprint density at radius 3 is 2.59 bits per heavy atom. The summed E-state index contributed by atoms with van der Waals surface area (Å²) >= 11 is 5.92. The lowest BCUT2D eigenvalue weighted by molar-refractivity contribution is -0.141. The number of amides is 1. The van der Waals surface area contributed by atoms with Gasteiger partial charge in [-0.05, 0) is 17.7 Å². The molecule has 0 saturated heterocycles. The Bertz CT molecular complexity index is 704. The molecular formula is C14H11ClF3N3O. The second kappa shape index (κ2) is 6.23. The highest BCUT2D eigenvalue weighted by atomic mass is 35.5. The van der Waals surface area contributed by atoms with Gasteiger partial charge in [-0.2, -0.15) is 13.2 Å². The normalized spacial score (nSPS) is 11.3. The summed E-state index contributed by atoms with van der Waals surface area (Å²) in [6.45, 7) is 0. The van der Waals surface area contributed by atoms with Crippen molar-refractivity contribution in [1.29, 1.82) is 0 Å². The van der Waals surface area contributed by atoms with Crippen molar-refractivity contribution in [3.05, 3.63) is 52.7 Å². The van der Waals surface area contributed by atoms with Gasteiger partial charge >= 0.3 is 6.18 Å². The highest BCUT2D eigenvalue weighted by Crippen LogP contribution is 2.30. The molecule has 0 atom stereocenters. The molecule has 0 radical (unpaired) electrons. The number of pyridine rings is 1. The standard InChI is InChI=1S/C14H11ClF3N3O/c15-10-4-2-1-3-8(10)5-13(22)21-12-7-9(19)6-11(20-12)14(16,17)18/h1-4,6-7H,5H2,(H3,19,20,21,22). The zero-order valence-corrected chi connectivity index (χ0v) is 11.9. The van der Waals surface area contributed by atoms with E-state index in [0.717, 1.165) is 6.07 Å². The van der Waals surface area contributed by atoms with Gasteiger partial charge in [0.25, 0.3) is 0 Å². The molecule has 0 unspecified atom stereocenters. The molecule has 2 rings (SSSR count). The maximum Gasteiger partial charge on any atom is 0.433 e. The topological polar surface area (TPSA) is 68.0 Å². The molecule has 0 spiro atoms. The van der Waals surface area contributed by atoms with E-state index >= 15 is 0 Å². The van der Waals surface area contributed by atoms with Crippen molar-refractivity contribution in [2.75, 3.05) is 11.1 Å². The van der Waals surface area contributed by atoms with E-state index in [0.29, 0.717) is 16.7 Å². The number of anilines is 2. The van der Waals surface area contributed by atoms with Crippen molar-refractivity contribution in [3.63, 3.8) is 0 Å². The minimum atomic E-state index is -4.64. The van der Waals surface area contributed by atoms with Crippen LogP contribution in [0.4, 0.5) is 24.7 Å². The van der Waals surface area contributed by atoms with Crippen molar-refractivity contribution in [2.45, 2.75) is 12.6 Å². The Morgan fingerprint density at radius 2 is 1.95 bits per heavy atom. The molecule has 4 nitrogen and oxygen atoms in total. The molecule has 22 heavy (non-hydrogen) atoms. The fourth-order valence-corrected chi connectivity index (χ4v) is 1.97.